The number of hydrogen-bond donors (Lipinski definition) is 2. The Morgan fingerprint density at radius 3 is 2.67 bits per heavy atom. The van der Waals surface area contributed by atoms with E-state index in [1.165, 1.54) is 0 Å². The Labute approximate surface area is 88.5 Å². The standard InChI is InChI=1S/C9H15N3O3/c1-7(9(14)15)5-12(2)6-8(13)11-4-3-10/h7H,4-6H2,1-2H3,(H,11,13)(H,14,15). The molecule has 2 N–H and O–H groups in total. The van der Waals surface area contributed by atoms with Crippen molar-refractivity contribution in [2.45, 2.75) is 6.92 Å². The number of nitrogens with one attached hydrogen (secondary N) is 1. The largest absolute Gasteiger partial charge is 0.481 e. The van der Waals surface area contributed by atoms with E-state index >= 15 is 0 Å². The van der Waals surface area contributed by atoms with E-state index in [0.29, 0.717) is 6.54 Å². The van der Waals surface area contributed by atoms with Gasteiger partial charge in [-0.1, -0.05) is 6.92 Å². The summed E-state index contributed by atoms with van der Waals surface area (Å²) in [6, 6.07) is 1.79. The Morgan fingerprint density at radius 2 is 2.20 bits per heavy atom. The van der Waals surface area contributed by atoms with Gasteiger partial charge in [0.25, 0.3) is 0 Å². The fourth-order valence-electron chi connectivity index (χ4n) is 1.05. The van der Waals surface area contributed by atoms with Crippen molar-refractivity contribution < 1.29 is 14.7 Å². The molecule has 0 fully saturated rings. The monoisotopic (exact) mass is 213 g/mol. The molecule has 1 unspecified atom stereocenters. The maximum absolute atomic E-state index is 11.1. The van der Waals surface area contributed by atoms with Gasteiger partial charge in [0.15, 0.2) is 0 Å². The van der Waals surface area contributed by atoms with Crippen LogP contribution in [-0.4, -0.2) is 48.6 Å². The predicted octanol–water partition coefficient (Wildman–Crippen LogP) is -0.721. The fraction of sp³-hybridized carbons (Fsp3) is 0.667. The summed E-state index contributed by atoms with van der Waals surface area (Å²) in [6.07, 6.45) is 0. The zero-order chi connectivity index (χ0) is 11.8. The molecule has 1 amide bonds. The van der Waals surface area contributed by atoms with Crippen LogP contribution in [0.2, 0.25) is 0 Å². The van der Waals surface area contributed by atoms with Crippen LogP contribution in [0.5, 0.6) is 0 Å². The summed E-state index contributed by atoms with van der Waals surface area (Å²) in [5, 5.41) is 19.2. The molecular formula is C9H15N3O3. The number of aliphatic carboxylic acids is 1. The molecule has 0 bridgehead atoms. The van der Waals surface area contributed by atoms with Gasteiger partial charge in [0.1, 0.15) is 6.54 Å². The molecule has 0 aromatic rings. The molecule has 1 atom stereocenters. The maximum Gasteiger partial charge on any atom is 0.307 e. The van der Waals surface area contributed by atoms with Gasteiger partial charge in [0.05, 0.1) is 18.5 Å². The summed E-state index contributed by atoms with van der Waals surface area (Å²) in [6.45, 7) is 1.95. The highest BCUT2D eigenvalue weighted by Gasteiger charge is 2.15. The number of nitriles is 1. The summed E-state index contributed by atoms with van der Waals surface area (Å²) < 4.78 is 0. The quantitative estimate of drug-likeness (QED) is 0.568. The Hall–Kier alpha value is -1.61. The lowest BCUT2D eigenvalue weighted by atomic mass is 10.2. The second-order valence-corrected chi connectivity index (χ2v) is 3.37. The topological polar surface area (TPSA) is 93.4 Å². The number of rotatable bonds is 6. The van der Waals surface area contributed by atoms with Crippen LogP contribution in [0.4, 0.5) is 0 Å². The van der Waals surface area contributed by atoms with Crippen LogP contribution < -0.4 is 5.32 Å². The minimum atomic E-state index is -0.890. The van der Waals surface area contributed by atoms with Crippen LogP contribution >= 0.6 is 0 Å². The van der Waals surface area contributed by atoms with Crippen LogP contribution in [-0.2, 0) is 9.59 Å². The van der Waals surface area contributed by atoms with Crippen molar-refractivity contribution in [2.75, 3.05) is 26.7 Å². The normalized spacial score (nSPS) is 11.9. The molecule has 0 saturated carbocycles. The van der Waals surface area contributed by atoms with Gasteiger partial charge in [-0.05, 0) is 7.05 Å². The molecule has 0 aliphatic rings. The van der Waals surface area contributed by atoms with Gasteiger partial charge in [-0.25, -0.2) is 0 Å². The van der Waals surface area contributed by atoms with Gasteiger partial charge in [-0.3, -0.25) is 14.5 Å². The summed E-state index contributed by atoms with van der Waals surface area (Å²) in [5.74, 6) is -1.69. The van der Waals surface area contributed by atoms with Gasteiger partial charge >= 0.3 is 5.97 Å². The lowest BCUT2D eigenvalue weighted by Gasteiger charge is -2.17. The molecule has 0 rings (SSSR count). The van der Waals surface area contributed by atoms with Gasteiger partial charge in [-0.2, -0.15) is 5.26 Å². The zero-order valence-electron chi connectivity index (χ0n) is 8.86. The van der Waals surface area contributed by atoms with Crippen LogP contribution in [0.15, 0.2) is 0 Å². The van der Waals surface area contributed by atoms with E-state index in [-0.39, 0.29) is 19.0 Å². The number of carboxylic acid groups (broad SMARTS) is 1. The molecule has 0 aliphatic carbocycles. The van der Waals surface area contributed by atoms with Crippen molar-refractivity contribution in [3.63, 3.8) is 0 Å². The highest BCUT2D eigenvalue weighted by molar-refractivity contribution is 5.78. The number of carbonyl (C=O) groups excluding carboxylic acids is 1. The van der Waals surface area contributed by atoms with Gasteiger partial charge in [0.2, 0.25) is 5.91 Å². The van der Waals surface area contributed by atoms with Crippen molar-refractivity contribution in [1.82, 2.24) is 10.2 Å². The average Bonchev–Trinajstić information content (AvgIpc) is 2.14. The molecular weight excluding hydrogens is 198 g/mol. The minimum absolute atomic E-state index is 0.0266. The number of carbonyl (C=O) groups is 2. The summed E-state index contributed by atoms with van der Waals surface area (Å²) in [7, 11) is 1.66. The molecule has 0 radical (unpaired) electrons. The first-order valence-electron chi connectivity index (χ1n) is 4.52. The number of carboxylic acids is 1. The third kappa shape index (κ3) is 6.46. The highest BCUT2D eigenvalue weighted by atomic mass is 16.4. The molecule has 0 aliphatic heterocycles. The van der Waals surface area contributed by atoms with Crippen molar-refractivity contribution in [2.24, 2.45) is 5.92 Å². The Morgan fingerprint density at radius 1 is 1.60 bits per heavy atom. The Balaban J connectivity index is 3.83. The molecule has 0 heterocycles. The molecule has 0 spiro atoms. The Kier molecular flexibility index (Phi) is 6.06. The van der Waals surface area contributed by atoms with E-state index in [0.717, 1.165) is 0 Å². The van der Waals surface area contributed by atoms with Crippen LogP contribution in [0.25, 0.3) is 0 Å². The van der Waals surface area contributed by atoms with E-state index in [1.807, 2.05) is 0 Å². The minimum Gasteiger partial charge on any atom is -0.481 e. The first-order chi connectivity index (χ1) is 6.97. The van der Waals surface area contributed by atoms with E-state index in [4.69, 9.17) is 10.4 Å². The molecule has 15 heavy (non-hydrogen) atoms. The average molecular weight is 213 g/mol. The SMILES string of the molecule is CC(CN(C)CC(=O)NCC#N)C(=O)O. The molecule has 84 valence electrons. The molecule has 6 nitrogen and oxygen atoms in total. The maximum atomic E-state index is 11.1. The number of nitrogens with zero attached hydrogens (tertiary/aromatic N) is 2. The highest BCUT2D eigenvalue weighted by Crippen LogP contribution is 1.97. The van der Waals surface area contributed by atoms with Crippen LogP contribution in [0.1, 0.15) is 6.92 Å². The van der Waals surface area contributed by atoms with Crippen molar-refractivity contribution in [1.29, 1.82) is 5.26 Å². The van der Waals surface area contributed by atoms with Crippen molar-refractivity contribution >= 4 is 11.9 Å². The molecule has 6 heteroatoms. The molecule has 0 aromatic carbocycles. The van der Waals surface area contributed by atoms with Gasteiger partial charge in [-0.15, -0.1) is 0 Å². The number of hydrogen-bond acceptors (Lipinski definition) is 4. The van der Waals surface area contributed by atoms with E-state index < -0.39 is 11.9 Å². The third-order valence-electron chi connectivity index (χ3n) is 1.79. The second-order valence-electron chi connectivity index (χ2n) is 3.37. The van der Waals surface area contributed by atoms with Gasteiger partial charge in [0, 0.05) is 6.54 Å². The van der Waals surface area contributed by atoms with Crippen LogP contribution in [0, 0.1) is 17.2 Å². The van der Waals surface area contributed by atoms with Crippen molar-refractivity contribution in [3.05, 3.63) is 0 Å². The lowest BCUT2D eigenvalue weighted by molar-refractivity contribution is -0.142. The van der Waals surface area contributed by atoms with Gasteiger partial charge < -0.3 is 10.4 Å². The van der Waals surface area contributed by atoms with Crippen molar-refractivity contribution in [3.8, 4) is 6.07 Å². The molecule has 0 saturated heterocycles. The fourth-order valence-corrected chi connectivity index (χ4v) is 1.05. The molecule has 0 aromatic heterocycles. The Bertz CT molecular complexity index is 272. The summed E-state index contributed by atoms with van der Waals surface area (Å²) in [5.41, 5.74) is 0. The second kappa shape index (κ2) is 6.79. The first kappa shape index (κ1) is 13.4. The van der Waals surface area contributed by atoms with E-state index in [9.17, 15) is 9.59 Å². The van der Waals surface area contributed by atoms with Crippen LogP contribution in [0.3, 0.4) is 0 Å². The lowest BCUT2D eigenvalue weighted by Crippen LogP contribution is -2.38. The number of amides is 1. The summed E-state index contributed by atoms with van der Waals surface area (Å²) >= 11 is 0. The van der Waals surface area contributed by atoms with E-state index in [1.54, 1.807) is 24.9 Å². The van der Waals surface area contributed by atoms with E-state index in [2.05, 4.69) is 5.32 Å². The smallest absolute Gasteiger partial charge is 0.307 e. The first-order valence-corrected chi connectivity index (χ1v) is 4.52. The third-order valence-corrected chi connectivity index (χ3v) is 1.79. The zero-order valence-corrected chi connectivity index (χ0v) is 8.86. The predicted molar refractivity (Wildman–Crippen MR) is 52.9 cm³/mol. The number of likely N-dealkylation sites (N-methyl/N-ethyl adjacent to an activating group) is 1. The summed E-state index contributed by atoms with van der Waals surface area (Å²) in [4.78, 5) is 23.2.